The molecule has 1 aliphatic rings. The molecular formula is C21H22N4O3. The van der Waals surface area contributed by atoms with Crippen molar-refractivity contribution in [2.75, 3.05) is 13.1 Å². The number of ether oxygens (including phenoxy) is 1. The van der Waals surface area contributed by atoms with Gasteiger partial charge in [0.05, 0.1) is 6.54 Å². The maximum Gasteiger partial charge on any atom is 0.276 e. The fourth-order valence-electron chi connectivity index (χ4n) is 3.41. The van der Waals surface area contributed by atoms with Crippen LogP contribution in [-0.2, 0) is 0 Å². The van der Waals surface area contributed by atoms with E-state index in [0.717, 1.165) is 24.1 Å². The van der Waals surface area contributed by atoms with Crippen molar-refractivity contribution in [3.63, 3.8) is 0 Å². The normalized spacial score (nSPS) is 16.8. The second kappa shape index (κ2) is 7.80. The van der Waals surface area contributed by atoms with Crippen molar-refractivity contribution in [3.8, 4) is 17.2 Å². The largest absolute Gasteiger partial charge is 0.472 e. The molecule has 3 aromatic rings. The summed E-state index contributed by atoms with van der Waals surface area (Å²) >= 11 is 0. The van der Waals surface area contributed by atoms with E-state index in [1.54, 1.807) is 11.0 Å². The molecule has 0 saturated carbocycles. The molecule has 1 amide bonds. The minimum absolute atomic E-state index is 0.105. The van der Waals surface area contributed by atoms with Crippen LogP contribution in [0.1, 0.15) is 34.8 Å². The number of aryl methyl sites for hydroxylation is 2. The van der Waals surface area contributed by atoms with Crippen LogP contribution in [0, 0.1) is 13.8 Å². The number of amides is 1. The Bertz CT molecular complexity index is 951. The van der Waals surface area contributed by atoms with Crippen LogP contribution < -0.4 is 4.74 Å². The van der Waals surface area contributed by atoms with E-state index in [0.29, 0.717) is 36.2 Å². The van der Waals surface area contributed by atoms with Crippen molar-refractivity contribution in [3.05, 3.63) is 59.7 Å². The number of hydrogen-bond acceptors (Lipinski definition) is 6. The molecule has 3 heterocycles. The van der Waals surface area contributed by atoms with Crippen LogP contribution in [0.3, 0.4) is 0 Å². The monoisotopic (exact) mass is 378 g/mol. The lowest BCUT2D eigenvalue weighted by Gasteiger charge is -2.32. The maximum atomic E-state index is 12.9. The quantitative estimate of drug-likeness (QED) is 0.692. The number of carbonyl (C=O) groups is 1. The van der Waals surface area contributed by atoms with Gasteiger partial charge in [0, 0.05) is 29.9 Å². The van der Waals surface area contributed by atoms with Gasteiger partial charge in [-0.2, -0.15) is 4.98 Å². The molecule has 0 radical (unpaired) electrons. The first-order chi connectivity index (χ1) is 13.6. The van der Waals surface area contributed by atoms with Gasteiger partial charge in [0.2, 0.25) is 5.88 Å². The van der Waals surface area contributed by atoms with E-state index in [-0.39, 0.29) is 12.0 Å². The SMILES string of the molecule is Cc1cc(O[C@@H]2CCCN(C(=O)c3cc(-c4ccccc4)on3)C2)nc(C)n1. The van der Waals surface area contributed by atoms with Gasteiger partial charge in [0.1, 0.15) is 11.9 Å². The molecular weight excluding hydrogens is 356 g/mol. The lowest BCUT2D eigenvalue weighted by molar-refractivity contribution is 0.0518. The molecule has 1 atom stereocenters. The second-order valence-electron chi connectivity index (χ2n) is 6.97. The third-order valence-electron chi connectivity index (χ3n) is 4.68. The van der Waals surface area contributed by atoms with E-state index in [2.05, 4.69) is 15.1 Å². The Morgan fingerprint density at radius 2 is 2.00 bits per heavy atom. The summed E-state index contributed by atoms with van der Waals surface area (Å²) in [5.74, 6) is 1.67. The summed E-state index contributed by atoms with van der Waals surface area (Å²) < 4.78 is 11.4. The Labute approximate surface area is 163 Å². The Morgan fingerprint density at radius 1 is 1.18 bits per heavy atom. The highest BCUT2D eigenvalue weighted by Gasteiger charge is 2.28. The van der Waals surface area contributed by atoms with Crippen molar-refractivity contribution in [1.82, 2.24) is 20.0 Å². The standard InChI is InChI=1S/C21H22N4O3/c1-14-11-20(23-15(2)22-14)27-17-9-6-10-25(13-17)21(26)18-12-19(28-24-18)16-7-4-3-5-8-16/h3-5,7-8,11-12,17H,6,9-10,13H2,1-2H3/t17-/m1/s1. The predicted molar refractivity (Wildman–Crippen MR) is 103 cm³/mol. The lowest BCUT2D eigenvalue weighted by atomic mass is 10.1. The highest BCUT2D eigenvalue weighted by atomic mass is 16.5. The summed E-state index contributed by atoms with van der Waals surface area (Å²) in [6.07, 6.45) is 1.63. The summed E-state index contributed by atoms with van der Waals surface area (Å²) in [5, 5.41) is 3.97. The fourth-order valence-corrected chi connectivity index (χ4v) is 3.41. The van der Waals surface area contributed by atoms with Crippen LogP contribution in [0.4, 0.5) is 0 Å². The molecule has 0 spiro atoms. The van der Waals surface area contributed by atoms with Gasteiger partial charge < -0.3 is 14.2 Å². The van der Waals surface area contributed by atoms with Gasteiger partial charge in [-0.15, -0.1) is 0 Å². The van der Waals surface area contributed by atoms with E-state index in [9.17, 15) is 4.79 Å². The van der Waals surface area contributed by atoms with E-state index in [1.165, 1.54) is 0 Å². The number of rotatable bonds is 4. The van der Waals surface area contributed by atoms with Gasteiger partial charge in [-0.25, -0.2) is 4.98 Å². The van der Waals surface area contributed by atoms with Gasteiger partial charge in [0.15, 0.2) is 11.5 Å². The van der Waals surface area contributed by atoms with Crippen molar-refractivity contribution < 1.29 is 14.1 Å². The number of piperidine rings is 1. The predicted octanol–water partition coefficient (Wildman–Crippen LogP) is 3.43. The molecule has 0 N–H and O–H groups in total. The van der Waals surface area contributed by atoms with Crippen LogP contribution in [0.15, 0.2) is 47.0 Å². The second-order valence-corrected chi connectivity index (χ2v) is 6.97. The molecule has 1 saturated heterocycles. The lowest BCUT2D eigenvalue weighted by Crippen LogP contribution is -2.44. The molecule has 1 fully saturated rings. The zero-order valence-electron chi connectivity index (χ0n) is 16.0. The van der Waals surface area contributed by atoms with E-state index in [4.69, 9.17) is 9.26 Å². The van der Waals surface area contributed by atoms with Crippen molar-refractivity contribution in [2.24, 2.45) is 0 Å². The van der Waals surface area contributed by atoms with Gasteiger partial charge in [-0.3, -0.25) is 4.79 Å². The van der Waals surface area contributed by atoms with Crippen molar-refractivity contribution >= 4 is 5.91 Å². The molecule has 7 heteroatoms. The Hall–Kier alpha value is -3.22. The minimum Gasteiger partial charge on any atom is -0.472 e. The molecule has 0 bridgehead atoms. The van der Waals surface area contributed by atoms with Crippen LogP contribution in [0.5, 0.6) is 5.88 Å². The van der Waals surface area contributed by atoms with Gasteiger partial charge in [-0.1, -0.05) is 35.5 Å². The Kier molecular flexibility index (Phi) is 5.06. The van der Waals surface area contributed by atoms with Crippen LogP contribution in [0.2, 0.25) is 0 Å². The number of benzene rings is 1. The highest BCUT2D eigenvalue weighted by Crippen LogP contribution is 2.22. The zero-order chi connectivity index (χ0) is 19.5. The first kappa shape index (κ1) is 18.2. The Morgan fingerprint density at radius 3 is 2.79 bits per heavy atom. The minimum atomic E-state index is -0.144. The third-order valence-corrected chi connectivity index (χ3v) is 4.68. The molecule has 1 aliphatic heterocycles. The molecule has 0 aliphatic carbocycles. The first-order valence-electron chi connectivity index (χ1n) is 9.39. The summed E-state index contributed by atoms with van der Waals surface area (Å²) in [4.78, 5) is 23.2. The molecule has 1 aromatic carbocycles. The number of hydrogen-bond donors (Lipinski definition) is 0. The average molecular weight is 378 g/mol. The van der Waals surface area contributed by atoms with Gasteiger partial charge in [-0.05, 0) is 26.7 Å². The van der Waals surface area contributed by atoms with Gasteiger partial charge in [0.25, 0.3) is 5.91 Å². The number of likely N-dealkylation sites (tertiary alicyclic amines) is 1. The number of aromatic nitrogens is 3. The molecule has 28 heavy (non-hydrogen) atoms. The average Bonchev–Trinajstić information content (AvgIpc) is 3.18. The number of carbonyl (C=O) groups excluding carboxylic acids is 1. The molecule has 0 unspecified atom stereocenters. The third kappa shape index (κ3) is 4.03. The van der Waals surface area contributed by atoms with Gasteiger partial charge >= 0.3 is 0 Å². The fraction of sp³-hybridized carbons (Fsp3) is 0.333. The summed E-state index contributed by atoms with van der Waals surface area (Å²) in [5.41, 5.74) is 2.07. The summed E-state index contributed by atoms with van der Waals surface area (Å²) in [7, 11) is 0. The van der Waals surface area contributed by atoms with E-state index in [1.807, 2.05) is 50.2 Å². The van der Waals surface area contributed by atoms with Crippen molar-refractivity contribution in [2.45, 2.75) is 32.8 Å². The summed E-state index contributed by atoms with van der Waals surface area (Å²) in [6.45, 7) is 4.92. The molecule has 2 aromatic heterocycles. The summed E-state index contributed by atoms with van der Waals surface area (Å²) in [6, 6.07) is 13.1. The van der Waals surface area contributed by atoms with Crippen molar-refractivity contribution in [1.29, 1.82) is 0 Å². The van der Waals surface area contributed by atoms with Crippen LogP contribution in [-0.4, -0.2) is 45.1 Å². The number of nitrogens with zero attached hydrogens (tertiary/aromatic N) is 4. The smallest absolute Gasteiger partial charge is 0.276 e. The molecule has 144 valence electrons. The topological polar surface area (TPSA) is 81.4 Å². The van der Waals surface area contributed by atoms with Crippen LogP contribution >= 0.6 is 0 Å². The van der Waals surface area contributed by atoms with Crippen LogP contribution in [0.25, 0.3) is 11.3 Å². The first-order valence-corrected chi connectivity index (χ1v) is 9.39. The van der Waals surface area contributed by atoms with E-state index >= 15 is 0 Å². The zero-order valence-corrected chi connectivity index (χ0v) is 16.0. The molecule has 4 rings (SSSR count). The van der Waals surface area contributed by atoms with E-state index < -0.39 is 0 Å². The Balaban J connectivity index is 1.44. The highest BCUT2D eigenvalue weighted by molar-refractivity contribution is 5.93. The molecule has 7 nitrogen and oxygen atoms in total. The maximum absolute atomic E-state index is 12.9.